The lowest BCUT2D eigenvalue weighted by molar-refractivity contribution is 0.372. The molecule has 0 atom stereocenters. The first kappa shape index (κ1) is 26.4. The third-order valence-electron chi connectivity index (χ3n) is 6.03. The topological polar surface area (TPSA) is 129 Å². The molecular weight excluding hydrogens is 572 g/mol. The van der Waals surface area contributed by atoms with E-state index in [4.69, 9.17) is 0 Å². The second-order valence-corrected chi connectivity index (χ2v) is 13.3. The van der Waals surface area contributed by atoms with Crippen LogP contribution in [0.3, 0.4) is 0 Å². The van der Waals surface area contributed by atoms with Crippen LogP contribution in [0.1, 0.15) is 0 Å². The van der Waals surface area contributed by atoms with Crippen molar-refractivity contribution in [3.8, 4) is 0 Å². The minimum atomic E-state index is -2.74. The molecular formula is C25H28BrFN9OP. The van der Waals surface area contributed by atoms with Gasteiger partial charge in [0.25, 0.3) is 0 Å². The van der Waals surface area contributed by atoms with E-state index in [0.29, 0.717) is 56.3 Å². The number of anilines is 5. The Hall–Kier alpha value is -3.18. The Kier molecular flexibility index (Phi) is 7.85. The largest absolute Gasteiger partial charge is 0.381 e. The van der Waals surface area contributed by atoms with E-state index in [1.54, 1.807) is 44.1 Å². The standard InChI is InChI=1S/C25H28BrFN9OP/c1-38(2,37)23-21(6-5-20-22(23)32-10-9-31-20)35-24-17(26)14-33-25(36-24)34-15-3-4-19(18(27)11-15)30-8-7-29-16-12-28-13-16/h3-6,9-11,14,16,28-30H,7-8,12-13H2,1-2H3,(H2,33,34,35,36). The van der Waals surface area contributed by atoms with Crippen LogP contribution in [0.15, 0.2) is 53.4 Å². The van der Waals surface area contributed by atoms with Gasteiger partial charge < -0.3 is 31.1 Å². The molecule has 5 rings (SSSR count). The summed E-state index contributed by atoms with van der Waals surface area (Å²) in [6.07, 6.45) is 4.77. The number of rotatable bonds is 10. The highest BCUT2D eigenvalue weighted by Crippen LogP contribution is 2.41. The van der Waals surface area contributed by atoms with E-state index in [1.165, 1.54) is 6.07 Å². The summed E-state index contributed by atoms with van der Waals surface area (Å²) in [5, 5.41) is 16.6. The van der Waals surface area contributed by atoms with Gasteiger partial charge in [0.1, 0.15) is 24.3 Å². The lowest BCUT2D eigenvalue weighted by Gasteiger charge is -2.28. The lowest BCUT2D eigenvalue weighted by atomic mass is 10.2. The highest BCUT2D eigenvalue weighted by atomic mass is 79.9. The average molecular weight is 600 g/mol. The van der Waals surface area contributed by atoms with E-state index >= 15 is 0 Å². The highest BCUT2D eigenvalue weighted by molar-refractivity contribution is 9.10. The molecule has 2 aromatic heterocycles. The van der Waals surface area contributed by atoms with Gasteiger partial charge in [0.05, 0.1) is 26.7 Å². The first-order valence-electron chi connectivity index (χ1n) is 12.1. The van der Waals surface area contributed by atoms with Gasteiger partial charge in [-0.2, -0.15) is 4.98 Å². The zero-order valence-corrected chi connectivity index (χ0v) is 23.4. The van der Waals surface area contributed by atoms with Crippen LogP contribution in [0.2, 0.25) is 0 Å². The summed E-state index contributed by atoms with van der Waals surface area (Å²) < 4.78 is 28.5. The van der Waals surface area contributed by atoms with E-state index in [2.05, 4.69) is 62.4 Å². The lowest BCUT2D eigenvalue weighted by Crippen LogP contribution is -2.56. The maximum atomic E-state index is 14.7. The van der Waals surface area contributed by atoms with E-state index in [-0.39, 0.29) is 11.8 Å². The smallest absolute Gasteiger partial charge is 0.229 e. The number of benzene rings is 2. The van der Waals surface area contributed by atoms with Gasteiger partial charge in [0.2, 0.25) is 5.95 Å². The van der Waals surface area contributed by atoms with Crippen molar-refractivity contribution in [1.82, 2.24) is 30.6 Å². The summed E-state index contributed by atoms with van der Waals surface area (Å²) >= 11 is 3.48. The Labute approximate surface area is 228 Å². The zero-order chi connectivity index (χ0) is 26.7. The molecule has 198 valence electrons. The number of nitrogens with zero attached hydrogens (tertiary/aromatic N) is 4. The van der Waals surface area contributed by atoms with Gasteiger partial charge in [-0.3, -0.25) is 9.97 Å². The normalized spacial score (nSPS) is 13.8. The number of hydrogen-bond donors (Lipinski definition) is 5. The van der Waals surface area contributed by atoms with Crippen LogP contribution >= 0.6 is 23.1 Å². The molecule has 0 aliphatic carbocycles. The van der Waals surface area contributed by atoms with Crippen molar-refractivity contribution in [2.45, 2.75) is 6.04 Å². The predicted molar refractivity (Wildman–Crippen MR) is 154 cm³/mol. The van der Waals surface area contributed by atoms with Crippen LogP contribution in [0.4, 0.5) is 33.2 Å². The molecule has 5 N–H and O–H groups in total. The highest BCUT2D eigenvalue weighted by Gasteiger charge is 2.22. The maximum Gasteiger partial charge on any atom is 0.229 e. The summed E-state index contributed by atoms with van der Waals surface area (Å²) in [6.45, 7) is 6.71. The second-order valence-electron chi connectivity index (χ2n) is 9.31. The van der Waals surface area contributed by atoms with Crippen molar-refractivity contribution in [3.63, 3.8) is 0 Å². The fourth-order valence-corrected chi connectivity index (χ4v) is 5.77. The second kappa shape index (κ2) is 11.3. The number of hydrogen-bond acceptors (Lipinski definition) is 10. The Morgan fingerprint density at radius 2 is 1.84 bits per heavy atom. The summed E-state index contributed by atoms with van der Waals surface area (Å²) in [7, 11) is -2.74. The summed E-state index contributed by atoms with van der Waals surface area (Å²) in [6, 6.07) is 8.97. The minimum absolute atomic E-state index is 0.271. The van der Waals surface area contributed by atoms with Gasteiger partial charge in [-0.25, -0.2) is 9.37 Å². The van der Waals surface area contributed by atoms with Crippen molar-refractivity contribution in [1.29, 1.82) is 0 Å². The molecule has 1 aliphatic rings. The van der Waals surface area contributed by atoms with E-state index in [0.717, 1.165) is 19.6 Å². The molecule has 1 fully saturated rings. The Balaban J connectivity index is 1.31. The van der Waals surface area contributed by atoms with Crippen LogP contribution < -0.4 is 31.9 Å². The van der Waals surface area contributed by atoms with Gasteiger partial charge in [-0.1, -0.05) is 0 Å². The van der Waals surface area contributed by atoms with Crippen LogP contribution in [0.5, 0.6) is 0 Å². The molecule has 10 nitrogen and oxygen atoms in total. The monoisotopic (exact) mass is 599 g/mol. The molecule has 0 spiro atoms. The first-order valence-corrected chi connectivity index (χ1v) is 15.5. The van der Waals surface area contributed by atoms with E-state index in [1.807, 2.05) is 12.1 Å². The van der Waals surface area contributed by atoms with Crippen LogP contribution in [-0.2, 0) is 4.57 Å². The molecule has 3 heterocycles. The van der Waals surface area contributed by atoms with Gasteiger partial charge in [0, 0.05) is 56.5 Å². The Bertz CT molecular complexity index is 1510. The summed E-state index contributed by atoms with van der Waals surface area (Å²) in [4.78, 5) is 17.6. The molecule has 0 radical (unpaired) electrons. The van der Waals surface area contributed by atoms with Crippen molar-refractivity contribution in [2.75, 3.05) is 55.5 Å². The average Bonchev–Trinajstić information content (AvgIpc) is 2.85. The van der Waals surface area contributed by atoms with E-state index in [9.17, 15) is 8.96 Å². The molecule has 0 saturated carbocycles. The molecule has 0 amide bonds. The van der Waals surface area contributed by atoms with Crippen molar-refractivity contribution >= 4 is 68.2 Å². The predicted octanol–water partition coefficient (Wildman–Crippen LogP) is 4.03. The van der Waals surface area contributed by atoms with Gasteiger partial charge in [-0.05, 0) is 59.6 Å². The molecule has 0 bridgehead atoms. The quantitative estimate of drug-likeness (QED) is 0.135. The van der Waals surface area contributed by atoms with Gasteiger partial charge >= 0.3 is 0 Å². The summed E-state index contributed by atoms with van der Waals surface area (Å²) in [5.41, 5.74) is 2.79. The SMILES string of the molecule is CP(C)(=O)c1c(Nc2nc(Nc3ccc(NCCNC4CNC4)c(F)c3)ncc2Br)ccc2nccnc12. The zero-order valence-electron chi connectivity index (χ0n) is 20.9. The third-order valence-corrected chi connectivity index (χ3v) is 8.14. The van der Waals surface area contributed by atoms with E-state index < -0.39 is 7.14 Å². The van der Waals surface area contributed by atoms with Crippen LogP contribution in [0, 0.1) is 5.82 Å². The van der Waals surface area contributed by atoms with Gasteiger partial charge in [0.15, 0.2) is 0 Å². The number of halogens is 2. The molecule has 0 unspecified atom stereocenters. The molecule has 38 heavy (non-hydrogen) atoms. The number of aromatic nitrogens is 4. The van der Waals surface area contributed by atoms with Gasteiger partial charge in [-0.15, -0.1) is 0 Å². The molecule has 13 heteroatoms. The van der Waals surface area contributed by atoms with Crippen molar-refractivity contribution in [3.05, 3.63) is 59.2 Å². The fraction of sp³-hybridized carbons (Fsp3) is 0.280. The molecule has 4 aromatic rings. The van der Waals surface area contributed by atoms with Crippen molar-refractivity contribution < 1.29 is 8.96 Å². The number of nitrogens with one attached hydrogen (secondary N) is 5. The third kappa shape index (κ3) is 6.10. The maximum absolute atomic E-state index is 14.7. The minimum Gasteiger partial charge on any atom is -0.381 e. The molecule has 1 aliphatic heterocycles. The Morgan fingerprint density at radius 3 is 2.58 bits per heavy atom. The Morgan fingerprint density at radius 1 is 1.05 bits per heavy atom. The van der Waals surface area contributed by atoms with Crippen LogP contribution in [0.25, 0.3) is 11.0 Å². The first-order chi connectivity index (χ1) is 18.3. The van der Waals surface area contributed by atoms with Crippen LogP contribution in [-0.4, -0.2) is 65.5 Å². The molecule has 1 saturated heterocycles. The fourth-order valence-electron chi connectivity index (χ4n) is 4.08. The molecule has 2 aromatic carbocycles. The number of fused-ring (bicyclic) bond motifs is 1. The van der Waals surface area contributed by atoms with Crippen molar-refractivity contribution in [2.24, 2.45) is 0 Å². The summed E-state index contributed by atoms with van der Waals surface area (Å²) in [5.74, 6) is 0.347.